The van der Waals surface area contributed by atoms with Crippen LogP contribution in [0.2, 0.25) is 0 Å². The van der Waals surface area contributed by atoms with Crippen LogP contribution in [0.25, 0.3) is 11.1 Å². The van der Waals surface area contributed by atoms with Crippen LogP contribution in [-0.2, 0) is 16.4 Å². The Balaban J connectivity index is 0.00000264. The summed E-state index contributed by atoms with van der Waals surface area (Å²) in [5, 5.41) is 4.51. The third-order valence-corrected chi connectivity index (χ3v) is 5.67. The van der Waals surface area contributed by atoms with Gasteiger partial charge in [0.2, 0.25) is 10.0 Å². The largest absolute Gasteiger partial charge is 0.336 e. The number of sulfonamides is 1. The molecule has 7 nitrogen and oxygen atoms in total. The fraction of sp³-hybridized carbons (Fsp3) is 0.571. The number of nitrogens with two attached hydrogens (primary N) is 1. The maximum Gasteiger partial charge on any atom is 0.258 e. The first-order chi connectivity index (χ1) is 10.4. The highest BCUT2D eigenvalue weighted by molar-refractivity contribution is 7.89. The summed E-state index contributed by atoms with van der Waals surface area (Å²) in [6, 6.07) is 1.55. The van der Waals surface area contributed by atoms with Crippen molar-refractivity contribution in [2.24, 2.45) is 5.73 Å². The van der Waals surface area contributed by atoms with Gasteiger partial charge in [0.1, 0.15) is 4.90 Å². The van der Waals surface area contributed by atoms with Crippen molar-refractivity contribution in [1.82, 2.24) is 14.9 Å². The van der Waals surface area contributed by atoms with Gasteiger partial charge in [-0.2, -0.15) is 0 Å². The van der Waals surface area contributed by atoms with E-state index in [0.717, 1.165) is 0 Å². The molecule has 0 bridgehead atoms. The van der Waals surface area contributed by atoms with Gasteiger partial charge in [-0.3, -0.25) is 0 Å². The summed E-state index contributed by atoms with van der Waals surface area (Å²) in [5.74, 6) is 0. The Kier molecular flexibility index (Phi) is 6.52. The molecule has 0 saturated heterocycles. The SMILES string of the molecule is CCc1noc2ncc(S(=O)(=O)NC(CC)(CC)CN)cc12.Cl. The van der Waals surface area contributed by atoms with Crippen LogP contribution in [0.3, 0.4) is 0 Å². The summed E-state index contributed by atoms with van der Waals surface area (Å²) >= 11 is 0. The molecule has 2 heterocycles. The summed E-state index contributed by atoms with van der Waals surface area (Å²) in [6.45, 7) is 5.98. The maximum atomic E-state index is 12.6. The minimum absolute atomic E-state index is 0. The molecule has 0 saturated carbocycles. The molecule has 0 atom stereocenters. The van der Waals surface area contributed by atoms with Gasteiger partial charge in [0, 0.05) is 12.1 Å². The first-order valence-electron chi connectivity index (χ1n) is 7.39. The lowest BCUT2D eigenvalue weighted by molar-refractivity contribution is 0.363. The average Bonchev–Trinajstić information content (AvgIpc) is 2.95. The summed E-state index contributed by atoms with van der Waals surface area (Å²) in [5.41, 5.74) is 6.15. The normalized spacial score (nSPS) is 12.3. The smallest absolute Gasteiger partial charge is 0.258 e. The zero-order chi connectivity index (χ0) is 16.4. The number of rotatable bonds is 7. The Morgan fingerprint density at radius 2 is 1.96 bits per heavy atom. The third kappa shape index (κ3) is 3.82. The number of pyridine rings is 1. The Bertz CT molecular complexity index is 748. The number of aryl methyl sites for hydroxylation is 1. The van der Waals surface area contributed by atoms with Crippen molar-refractivity contribution in [3.63, 3.8) is 0 Å². The van der Waals surface area contributed by atoms with Gasteiger partial charge >= 0.3 is 0 Å². The van der Waals surface area contributed by atoms with E-state index in [1.807, 2.05) is 20.8 Å². The Labute approximate surface area is 142 Å². The van der Waals surface area contributed by atoms with Crippen LogP contribution in [0.15, 0.2) is 21.7 Å². The average molecular weight is 363 g/mol. The van der Waals surface area contributed by atoms with Crippen LogP contribution in [0.1, 0.15) is 39.3 Å². The van der Waals surface area contributed by atoms with Crippen LogP contribution >= 0.6 is 12.4 Å². The molecule has 0 radical (unpaired) electrons. The van der Waals surface area contributed by atoms with Gasteiger partial charge in [-0.25, -0.2) is 18.1 Å². The lowest BCUT2D eigenvalue weighted by Gasteiger charge is -2.30. The van der Waals surface area contributed by atoms with Crippen molar-refractivity contribution in [1.29, 1.82) is 0 Å². The number of aromatic nitrogens is 2. The number of nitrogens with one attached hydrogen (secondary N) is 1. The highest BCUT2D eigenvalue weighted by Crippen LogP contribution is 2.23. The van der Waals surface area contributed by atoms with Crippen molar-refractivity contribution in [3.05, 3.63) is 18.0 Å². The summed E-state index contributed by atoms with van der Waals surface area (Å²) in [4.78, 5) is 4.14. The lowest BCUT2D eigenvalue weighted by Crippen LogP contribution is -2.52. The first kappa shape index (κ1) is 19.8. The quantitative estimate of drug-likeness (QED) is 0.779. The molecule has 0 aliphatic heterocycles. The van der Waals surface area contributed by atoms with E-state index in [4.69, 9.17) is 10.3 Å². The molecule has 2 aromatic rings. The second kappa shape index (κ2) is 7.57. The van der Waals surface area contributed by atoms with E-state index in [9.17, 15) is 8.42 Å². The zero-order valence-corrected chi connectivity index (χ0v) is 15.1. The van der Waals surface area contributed by atoms with E-state index in [1.165, 1.54) is 6.20 Å². The number of nitrogens with zero attached hydrogens (tertiary/aromatic N) is 2. The number of fused-ring (bicyclic) bond motifs is 1. The Morgan fingerprint density at radius 3 is 2.48 bits per heavy atom. The van der Waals surface area contributed by atoms with Crippen LogP contribution in [0, 0.1) is 0 Å². The van der Waals surface area contributed by atoms with Gasteiger partial charge in [-0.1, -0.05) is 25.9 Å². The summed E-state index contributed by atoms with van der Waals surface area (Å²) < 4.78 is 33.1. The van der Waals surface area contributed by atoms with Crippen LogP contribution in [0.5, 0.6) is 0 Å². The van der Waals surface area contributed by atoms with Crippen molar-refractivity contribution < 1.29 is 12.9 Å². The second-order valence-electron chi connectivity index (χ2n) is 5.30. The van der Waals surface area contributed by atoms with Crippen LogP contribution in [-0.4, -0.2) is 30.6 Å². The van der Waals surface area contributed by atoms with E-state index in [0.29, 0.717) is 36.1 Å². The van der Waals surface area contributed by atoms with E-state index < -0.39 is 15.6 Å². The van der Waals surface area contributed by atoms with Gasteiger partial charge in [0.15, 0.2) is 0 Å². The molecule has 23 heavy (non-hydrogen) atoms. The van der Waals surface area contributed by atoms with Gasteiger partial charge in [0.05, 0.1) is 17.3 Å². The fourth-order valence-electron chi connectivity index (χ4n) is 2.33. The maximum absolute atomic E-state index is 12.6. The zero-order valence-electron chi connectivity index (χ0n) is 13.5. The molecule has 0 amide bonds. The number of hydrogen-bond donors (Lipinski definition) is 2. The molecular weight excluding hydrogens is 340 g/mol. The molecule has 0 spiro atoms. The van der Waals surface area contributed by atoms with Crippen LogP contribution < -0.4 is 10.5 Å². The lowest BCUT2D eigenvalue weighted by atomic mass is 9.95. The Hall–Kier alpha value is -1.22. The van der Waals surface area contributed by atoms with Crippen molar-refractivity contribution >= 4 is 33.5 Å². The molecule has 0 unspecified atom stereocenters. The van der Waals surface area contributed by atoms with Gasteiger partial charge < -0.3 is 10.3 Å². The van der Waals surface area contributed by atoms with E-state index >= 15 is 0 Å². The number of hydrogen-bond acceptors (Lipinski definition) is 6. The highest BCUT2D eigenvalue weighted by Gasteiger charge is 2.31. The highest BCUT2D eigenvalue weighted by atomic mass is 35.5. The van der Waals surface area contributed by atoms with E-state index in [-0.39, 0.29) is 23.8 Å². The van der Waals surface area contributed by atoms with Crippen molar-refractivity contribution in [2.45, 2.75) is 50.5 Å². The molecule has 9 heteroatoms. The molecule has 2 aromatic heterocycles. The molecule has 130 valence electrons. The summed E-state index contributed by atoms with van der Waals surface area (Å²) in [7, 11) is -3.71. The predicted octanol–water partition coefficient (Wildman–Crippen LogP) is 2.00. The van der Waals surface area contributed by atoms with E-state index in [2.05, 4.69) is 14.9 Å². The molecular formula is C14H23ClN4O3S. The second-order valence-corrected chi connectivity index (χ2v) is 6.99. The van der Waals surface area contributed by atoms with Gasteiger partial charge in [-0.15, -0.1) is 12.4 Å². The van der Waals surface area contributed by atoms with E-state index in [1.54, 1.807) is 6.07 Å². The Morgan fingerprint density at radius 1 is 1.30 bits per heavy atom. The molecule has 0 aliphatic carbocycles. The van der Waals surface area contributed by atoms with Gasteiger partial charge in [0.25, 0.3) is 5.71 Å². The van der Waals surface area contributed by atoms with Crippen molar-refractivity contribution in [2.75, 3.05) is 6.54 Å². The number of halogens is 1. The molecule has 0 aliphatic rings. The monoisotopic (exact) mass is 362 g/mol. The molecule has 3 N–H and O–H groups in total. The minimum atomic E-state index is -3.71. The first-order valence-corrected chi connectivity index (χ1v) is 8.88. The topological polar surface area (TPSA) is 111 Å². The standard InChI is InChI=1S/C14H22N4O3S.ClH/c1-4-12-11-7-10(8-16-13(11)21-17-12)22(19,20)18-14(5-2,6-3)9-15;/h7-8,18H,4-6,9,15H2,1-3H3;1H. The van der Waals surface area contributed by atoms with Gasteiger partial charge in [-0.05, 0) is 25.3 Å². The minimum Gasteiger partial charge on any atom is -0.336 e. The van der Waals surface area contributed by atoms with Crippen molar-refractivity contribution in [3.8, 4) is 0 Å². The summed E-state index contributed by atoms with van der Waals surface area (Å²) in [6.07, 6.45) is 3.15. The predicted molar refractivity (Wildman–Crippen MR) is 91.1 cm³/mol. The third-order valence-electron chi connectivity index (χ3n) is 4.12. The molecule has 0 fully saturated rings. The fourth-order valence-corrected chi connectivity index (χ4v) is 3.86. The molecule has 0 aromatic carbocycles. The van der Waals surface area contributed by atoms with Crippen LogP contribution in [0.4, 0.5) is 0 Å². The molecule has 2 rings (SSSR count).